The van der Waals surface area contributed by atoms with E-state index in [0.29, 0.717) is 12.1 Å². The highest BCUT2D eigenvalue weighted by Gasteiger charge is 2.13. The molecule has 116 valence electrons. The molecule has 2 aromatic rings. The van der Waals surface area contributed by atoms with Crippen LogP contribution in [0.5, 0.6) is 0 Å². The summed E-state index contributed by atoms with van der Waals surface area (Å²) in [6.45, 7) is 2.54. The van der Waals surface area contributed by atoms with Crippen molar-refractivity contribution in [3.05, 3.63) is 70.0 Å². The molecule has 0 saturated heterocycles. The molecule has 0 saturated carbocycles. The molecule has 2 N–H and O–H groups in total. The van der Waals surface area contributed by atoms with Crippen molar-refractivity contribution in [2.24, 2.45) is 0 Å². The average Bonchev–Trinajstić information content (AvgIpc) is 3.01. The molecule has 0 fully saturated rings. The molecule has 0 aliphatic heterocycles. The van der Waals surface area contributed by atoms with Gasteiger partial charge in [-0.05, 0) is 60.6 Å². The molecule has 2 nitrogen and oxygen atoms in total. The zero-order valence-electron chi connectivity index (χ0n) is 12.9. The first-order valence-electron chi connectivity index (χ1n) is 7.90. The van der Waals surface area contributed by atoms with Gasteiger partial charge in [0.05, 0.1) is 6.61 Å². The number of benzene rings is 2. The van der Waals surface area contributed by atoms with Gasteiger partial charge in [0.1, 0.15) is 5.82 Å². The molecule has 0 aromatic heterocycles. The fourth-order valence-electron chi connectivity index (χ4n) is 3.11. The predicted octanol–water partition coefficient (Wildman–Crippen LogP) is 3.66. The third kappa shape index (κ3) is 3.21. The van der Waals surface area contributed by atoms with Crippen LogP contribution in [0.4, 0.5) is 4.39 Å². The molecule has 0 bridgehead atoms. The van der Waals surface area contributed by atoms with E-state index in [4.69, 9.17) is 5.11 Å². The van der Waals surface area contributed by atoms with Crippen LogP contribution >= 0.6 is 0 Å². The number of hydrogen-bond acceptors (Lipinski definition) is 2. The van der Waals surface area contributed by atoms with Gasteiger partial charge in [0.25, 0.3) is 0 Å². The minimum Gasteiger partial charge on any atom is -0.392 e. The summed E-state index contributed by atoms with van der Waals surface area (Å²) < 4.78 is 13.4. The van der Waals surface area contributed by atoms with Gasteiger partial charge in [-0.3, -0.25) is 0 Å². The third-order valence-electron chi connectivity index (χ3n) is 4.52. The van der Waals surface area contributed by atoms with Crippen LogP contribution in [0.2, 0.25) is 0 Å². The number of aryl methyl sites for hydroxylation is 2. The highest BCUT2D eigenvalue weighted by molar-refractivity contribution is 5.36. The van der Waals surface area contributed by atoms with Crippen molar-refractivity contribution < 1.29 is 9.50 Å². The van der Waals surface area contributed by atoms with Gasteiger partial charge in [0, 0.05) is 18.2 Å². The predicted molar refractivity (Wildman–Crippen MR) is 86.0 cm³/mol. The zero-order valence-corrected chi connectivity index (χ0v) is 12.9. The average molecular weight is 299 g/mol. The Bertz CT molecular complexity index is 668. The number of aliphatic hydroxyl groups is 1. The summed E-state index contributed by atoms with van der Waals surface area (Å²) in [7, 11) is 0. The Balaban J connectivity index is 1.66. The normalized spacial score (nSPS) is 14.9. The summed E-state index contributed by atoms with van der Waals surface area (Å²) in [5.74, 6) is -0.349. The van der Waals surface area contributed by atoms with Crippen LogP contribution in [0, 0.1) is 5.82 Å². The van der Waals surface area contributed by atoms with E-state index < -0.39 is 0 Å². The zero-order chi connectivity index (χ0) is 15.5. The lowest BCUT2D eigenvalue weighted by molar-refractivity contribution is 0.275. The fourth-order valence-corrected chi connectivity index (χ4v) is 3.11. The lowest BCUT2D eigenvalue weighted by Crippen LogP contribution is -2.18. The summed E-state index contributed by atoms with van der Waals surface area (Å²) in [5, 5.41) is 12.6. The van der Waals surface area contributed by atoms with Crippen LogP contribution in [0.1, 0.15) is 47.2 Å². The van der Waals surface area contributed by atoms with Crippen LogP contribution in [-0.2, 0) is 26.0 Å². The second kappa shape index (κ2) is 6.59. The van der Waals surface area contributed by atoms with Crippen molar-refractivity contribution in [3.63, 3.8) is 0 Å². The molecule has 0 heterocycles. The van der Waals surface area contributed by atoms with Gasteiger partial charge in [-0.2, -0.15) is 0 Å². The number of nitrogens with one attached hydrogen (secondary N) is 1. The molecule has 2 aromatic carbocycles. The quantitative estimate of drug-likeness (QED) is 0.883. The Morgan fingerprint density at radius 1 is 1.14 bits per heavy atom. The molecule has 0 radical (unpaired) electrons. The Morgan fingerprint density at radius 2 is 1.95 bits per heavy atom. The van der Waals surface area contributed by atoms with Gasteiger partial charge < -0.3 is 10.4 Å². The molecule has 1 aliphatic carbocycles. The third-order valence-corrected chi connectivity index (χ3v) is 4.52. The molecular weight excluding hydrogens is 277 g/mol. The number of rotatable bonds is 5. The molecule has 3 rings (SSSR count). The van der Waals surface area contributed by atoms with Crippen molar-refractivity contribution in [2.45, 2.75) is 45.4 Å². The van der Waals surface area contributed by atoms with Gasteiger partial charge in [-0.15, -0.1) is 0 Å². The van der Waals surface area contributed by atoms with Crippen LogP contribution < -0.4 is 5.32 Å². The molecular formula is C19H22FNO. The lowest BCUT2D eigenvalue weighted by atomic mass is 10.0. The van der Waals surface area contributed by atoms with E-state index in [1.54, 1.807) is 12.1 Å². The number of halogens is 1. The molecule has 3 heteroatoms. The highest BCUT2D eigenvalue weighted by atomic mass is 19.1. The standard InChI is InChI=1S/C19H22FNO/c1-13(16-7-6-15-3-2-4-17(15)10-16)21-11-14-5-8-19(20)18(9-14)12-22/h5-10,13,21-22H,2-4,11-12H2,1H3. The second-order valence-corrected chi connectivity index (χ2v) is 6.07. The Hall–Kier alpha value is -1.71. The Labute approximate surface area is 131 Å². The minimum absolute atomic E-state index is 0.244. The minimum atomic E-state index is -0.349. The van der Waals surface area contributed by atoms with E-state index in [-0.39, 0.29) is 18.5 Å². The van der Waals surface area contributed by atoms with E-state index >= 15 is 0 Å². The Morgan fingerprint density at radius 3 is 2.77 bits per heavy atom. The van der Waals surface area contributed by atoms with Crippen LogP contribution in [0.25, 0.3) is 0 Å². The largest absolute Gasteiger partial charge is 0.392 e. The Kier molecular flexibility index (Phi) is 4.55. The SMILES string of the molecule is CC(NCc1ccc(F)c(CO)c1)c1ccc2c(c1)CCC2. The summed E-state index contributed by atoms with van der Waals surface area (Å²) in [6.07, 6.45) is 3.66. The van der Waals surface area contributed by atoms with Crippen molar-refractivity contribution in [1.82, 2.24) is 5.32 Å². The summed E-state index contributed by atoms with van der Waals surface area (Å²) >= 11 is 0. The van der Waals surface area contributed by atoms with Gasteiger partial charge in [-0.1, -0.05) is 24.3 Å². The van der Waals surface area contributed by atoms with Crippen LogP contribution in [0.3, 0.4) is 0 Å². The second-order valence-electron chi connectivity index (χ2n) is 6.07. The number of aliphatic hydroxyl groups excluding tert-OH is 1. The molecule has 0 amide bonds. The lowest BCUT2D eigenvalue weighted by Gasteiger charge is -2.16. The number of fused-ring (bicyclic) bond motifs is 1. The molecule has 1 aliphatic rings. The summed E-state index contributed by atoms with van der Waals surface area (Å²) in [4.78, 5) is 0. The van der Waals surface area contributed by atoms with Gasteiger partial charge in [0.2, 0.25) is 0 Å². The van der Waals surface area contributed by atoms with E-state index in [1.165, 1.54) is 42.0 Å². The molecule has 0 spiro atoms. The smallest absolute Gasteiger partial charge is 0.128 e. The maximum Gasteiger partial charge on any atom is 0.128 e. The van der Waals surface area contributed by atoms with E-state index in [9.17, 15) is 4.39 Å². The first kappa shape index (κ1) is 15.2. The van der Waals surface area contributed by atoms with Crippen molar-refractivity contribution >= 4 is 0 Å². The number of hydrogen-bond donors (Lipinski definition) is 2. The van der Waals surface area contributed by atoms with Gasteiger partial charge >= 0.3 is 0 Å². The van der Waals surface area contributed by atoms with E-state index in [2.05, 4.69) is 30.4 Å². The maximum absolute atomic E-state index is 13.4. The molecule has 1 atom stereocenters. The van der Waals surface area contributed by atoms with Crippen molar-refractivity contribution in [3.8, 4) is 0 Å². The fraction of sp³-hybridized carbons (Fsp3) is 0.368. The monoisotopic (exact) mass is 299 g/mol. The van der Waals surface area contributed by atoms with Gasteiger partial charge in [-0.25, -0.2) is 4.39 Å². The molecule has 22 heavy (non-hydrogen) atoms. The summed E-state index contributed by atoms with van der Waals surface area (Å²) in [5.41, 5.74) is 5.60. The van der Waals surface area contributed by atoms with E-state index in [0.717, 1.165) is 5.56 Å². The van der Waals surface area contributed by atoms with Crippen LogP contribution in [0.15, 0.2) is 36.4 Å². The molecule has 1 unspecified atom stereocenters. The van der Waals surface area contributed by atoms with Crippen molar-refractivity contribution in [2.75, 3.05) is 0 Å². The maximum atomic E-state index is 13.4. The topological polar surface area (TPSA) is 32.3 Å². The van der Waals surface area contributed by atoms with Crippen LogP contribution in [-0.4, -0.2) is 5.11 Å². The highest BCUT2D eigenvalue weighted by Crippen LogP contribution is 2.25. The first-order chi connectivity index (χ1) is 10.7. The van der Waals surface area contributed by atoms with Gasteiger partial charge in [0.15, 0.2) is 0 Å². The van der Waals surface area contributed by atoms with Crippen molar-refractivity contribution in [1.29, 1.82) is 0 Å². The van der Waals surface area contributed by atoms with E-state index in [1.807, 2.05) is 0 Å². The summed E-state index contributed by atoms with van der Waals surface area (Å²) in [6, 6.07) is 11.9. The first-order valence-corrected chi connectivity index (χ1v) is 7.90.